The van der Waals surface area contributed by atoms with Gasteiger partial charge < -0.3 is 38.6 Å². The Balaban J connectivity index is 1.76. The topological polar surface area (TPSA) is 136 Å². The van der Waals surface area contributed by atoms with Crippen LogP contribution in [0.3, 0.4) is 0 Å². The Hall–Kier alpha value is -4.60. The van der Waals surface area contributed by atoms with E-state index in [4.69, 9.17) is 28.3 Å². The molecule has 0 unspecified atom stereocenters. The molecule has 1 aliphatic heterocycles. The zero-order valence-corrected chi connectivity index (χ0v) is 18.5. The molecule has 0 fully saturated rings. The fourth-order valence-electron chi connectivity index (χ4n) is 3.75. The molecule has 0 bridgehead atoms. The number of rotatable bonds is 5. The summed E-state index contributed by atoms with van der Waals surface area (Å²) in [6.45, 7) is 1.67. The molecule has 3 N–H and O–H groups in total. The SMILES string of the molecule is COc1cc(-c2nc(-c3cc(OC)c4c(c3)OCO4)[nH]c2-c2oc(C)cc(=O)c2O)ccc1O. The minimum absolute atomic E-state index is 0.0472. The second-order valence-electron chi connectivity index (χ2n) is 7.51. The number of H-pyrrole nitrogens is 1. The fraction of sp³-hybridized carbons (Fsp3) is 0.167. The van der Waals surface area contributed by atoms with E-state index in [9.17, 15) is 15.0 Å². The maximum atomic E-state index is 12.3. The molecule has 174 valence electrons. The van der Waals surface area contributed by atoms with Crippen LogP contribution in [0.25, 0.3) is 34.1 Å². The van der Waals surface area contributed by atoms with Gasteiger partial charge in [0.05, 0.1) is 14.2 Å². The van der Waals surface area contributed by atoms with E-state index in [2.05, 4.69) is 4.98 Å². The molecule has 4 aromatic rings. The van der Waals surface area contributed by atoms with Gasteiger partial charge in [-0.15, -0.1) is 0 Å². The van der Waals surface area contributed by atoms with Crippen LogP contribution >= 0.6 is 0 Å². The molecule has 5 rings (SSSR count). The largest absolute Gasteiger partial charge is 0.504 e. The van der Waals surface area contributed by atoms with Crippen molar-refractivity contribution in [2.75, 3.05) is 21.0 Å². The molecule has 0 spiro atoms. The first-order valence-electron chi connectivity index (χ1n) is 10.2. The third-order valence-electron chi connectivity index (χ3n) is 5.36. The number of phenolic OH excluding ortho intramolecular Hbond substituents is 1. The number of benzene rings is 2. The molecule has 10 heteroatoms. The van der Waals surface area contributed by atoms with E-state index in [-0.39, 0.29) is 29.7 Å². The number of phenols is 1. The second-order valence-corrected chi connectivity index (χ2v) is 7.51. The fourth-order valence-corrected chi connectivity index (χ4v) is 3.75. The van der Waals surface area contributed by atoms with Crippen LogP contribution in [0.2, 0.25) is 0 Å². The van der Waals surface area contributed by atoms with Crippen LogP contribution < -0.4 is 24.4 Å². The number of aryl methyl sites for hydroxylation is 1. The number of nitrogens with zero attached hydrogens (tertiary/aromatic N) is 1. The van der Waals surface area contributed by atoms with Gasteiger partial charge in [-0.1, -0.05) is 0 Å². The van der Waals surface area contributed by atoms with Crippen molar-refractivity contribution in [1.82, 2.24) is 9.97 Å². The molecule has 10 nitrogen and oxygen atoms in total. The van der Waals surface area contributed by atoms with Crippen molar-refractivity contribution >= 4 is 0 Å². The van der Waals surface area contributed by atoms with Crippen LogP contribution in [0.15, 0.2) is 45.6 Å². The van der Waals surface area contributed by atoms with Gasteiger partial charge in [-0.3, -0.25) is 4.79 Å². The summed E-state index contributed by atoms with van der Waals surface area (Å²) < 4.78 is 27.3. The van der Waals surface area contributed by atoms with Gasteiger partial charge >= 0.3 is 0 Å². The van der Waals surface area contributed by atoms with E-state index in [0.717, 1.165) is 0 Å². The zero-order chi connectivity index (χ0) is 24.0. The van der Waals surface area contributed by atoms with E-state index >= 15 is 0 Å². The summed E-state index contributed by atoms with van der Waals surface area (Å²) >= 11 is 0. The highest BCUT2D eigenvalue weighted by molar-refractivity contribution is 5.82. The molecule has 0 amide bonds. The normalized spacial score (nSPS) is 12.1. The first-order valence-corrected chi connectivity index (χ1v) is 10.2. The van der Waals surface area contributed by atoms with Gasteiger partial charge in [0.1, 0.15) is 23.0 Å². The summed E-state index contributed by atoms with van der Waals surface area (Å²) in [4.78, 5) is 20.1. The standard InChI is InChI=1S/C24H20N2O8/c1-11-6-15(28)21(29)23(34-11)20-19(12-4-5-14(27)16(7-12)30-2)25-24(26-20)13-8-17(31-3)22-18(9-13)32-10-33-22/h4-9,27,29H,10H2,1-3H3,(H,25,26). The number of ether oxygens (including phenoxy) is 4. The smallest absolute Gasteiger partial charge is 0.231 e. The average molecular weight is 464 g/mol. The van der Waals surface area contributed by atoms with Crippen molar-refractivity contribution < 1.29 is 33.6 Å². The quantitative estimate of drug-likeness (QED) is 0.402. The Labute approximate surface area is 192 Å². The highest BCUT2D eigenvalue weighted by Gasteiger charge is 2.25. The van der Waals surface area contributed by atoms with Crippen LogP contribution in [0.1, 0.15) is 5.76 Å². The van der Waals surface area contributed by atoms with E-state index in [1.165, 1.54) is 26.4 Å². The van der Waals surface area contributed by atoms with E-state index in [0.29, 0.717) is 45.7 Å². The lowest BCUT2D eigenvalue weighted by molar-refractivity contribution is 0.171. The van der Waals surface area contributed by atoms with Crippen molar-refractivity contribution in [3.63, 3.8) is 0 Å². The number of nitrogens with one attached hydrogen (secondary N) is 1. The molecule has 0 saturated heterocycles. The Kier molecular flexibility index (Phi) is 5.05. The van der Waals surface area contributed by atoms with E-state index < -0.39 is 11.2 Å². The van der Waals surface area contributed by atoms with Crippen molar-refractivity contribution in [3.8, 4) is 68.6 Å². The van der Waals surface area contributed by atoms with Crippen molar-refractivity contribution in [3.05, 3.63) is 52.4 Å². The van der Waals surface area contributed by atoms with Crippen LogP contribution in [-0.4, -0.2) is 41.2 Å². The lowest BCUT2D eigenvalue weighted by Crippen LogP contribution is -2.01. The van der Waals surface area contributed by atoms with Gasteiger partial charge in [0, 0.05) is 17.2 Å². The van der Waals surface area contributed by atoms with Gasteiger partial charge in [-0.25, -0.2) is 4.98 Å². The van der Waals surface area contributed by atoms with Gasteiger partial charge in [0.2, 0.25) is 23.7 Å². The molecule has 3 heterocycles. The summed E-state index contributed by atoms with van der Waals surface area (Å²) in [5.41, 5.74) is 1.18. The zero-order valence-electron chi connectivity index (χ0n) is 18.5. The molecule has 1 aliphatic rings. The van der Waals surface area contributed by atoms with Gasteiger partial charge in [-0.05, 0) is 37.3 Å². The Morgan fingerprint density at radius 1 is 1.00 bits per heavy atom. The number of hydrogen-bond donors (Lipinski definition) is 3. The molecule has 2 aromatic carbocycles. The lowest BCUT2D eigenvalue weighted by atomic mass is 10.1. The summed E-state index contributed by atoms with van der Waals surface area (Å²) in [7, 11) is 2.95. The Bertz CT molecular complexity index is 1470. The maximum Gasteiger partial charge on any atom is 0.231 e. The minimum atomic E-state index is -0.589. The molecule has 0 aliphatic carbocycles. The Morgan fingerprint density at radius 2 is 1.76 bits per heavy atom. The highest BCUT2D eigenvalue weighted by atomic mass is 16.7. The van der Waals surface area contributed by atoms with E-state index in [1.54, 1.807) is 31.2 Å². The molecular weight excluding hydrogens is 444 g/mol. The van der Waals surface area contributed by atoms with Crippen LogP contribution in [0, 0.1) is 6.92 Å². The number of methoxy groups -OCH3 is 2. The van der Waals surface area contributed by atoms with Crippen LogP contribution in [-0.2, 0) is 0 Å². The number of aromatic amines is 1. The average Bonchev–Trinajstić information content (AvgIpc) is 3.48. The third-order valence-corrected chi connectivity index (χ3v) is 5.36. The van der Waals surface area contributed by atoms with Gasteiger partial charge in [0.15, 0.2) is 28.8 Å². The number of hydrogen-bond acceptors (Lipinski definition) is 9. The number of fused-ring (bicyclic) bond motifs is 1. The summed E-state index contributed by atoms with van der Waals surface area (Å²) in [6.07, 6.45) is 0. The highest BCUT2D eigenvalue weighted by Crippen LogP contribution is 2.45. The monoisotopic (exact) mass is 464 g/mol. The molecule has 0 saturated carbocycles. The van der Waals surface area contributed by atoms with Crippen molar-refractivity contribution in [2.45, 2.75) is 6.92 Å². The molecule has 0 radical (unpaired) electrons. The summed E-state index contributed by atoms with van der Waals surface area (Å²) in [6, 6.07) is 9.34. The predicted molar refractivity (Wildman–Crippen MR) is 121 cm³/mol. The predicted octanol–water partition coefficient (Wildman–Crippen LogP) is 3.83. The Morgan fingerprint density at radius 3 is 2.53 bits per heavy atom. The number of aromatic nitrogens is 2. The van der Waals surface area contributed by atoms with E-state index in [1.807, 2.05) is 0 Å². The number of aromatic hydroxyl groups is 2. The van der Waals surface area contributed by atoms with Crippen molar-refractivity contribution in [1.29, 1.82) is 0 Å². The second kappa shape index (κ2) is 8.07. The van der Waals surface area contributed by atoms with Crippen LogP contribution in [0.5, 0.6) is 34.5 Å². The maximum absolute atomic E-state index is 12.3. The van der Waals surface area contributed by atoms with Gasteiger partial charge in [0.25, 0.3) is 0 Å². The van der Waals surface area contributed by atoms with Gasteiger partial charge in [-0.2, -0.15) is 0 Å². The lowest BCUT2D eigenvalue weighted by Gasteiger charge is -2.08. The minimum Gasteiger partial charge on any atom is -0.504 e. The van der Waals surface area contributed by atoms with Crippen LogP contribution in [0.4, 0.5) is 0 Å². The first kappa shape index (κ1) is 21.3. The summed E-state index contributed by atoms with van der Waals surface area (Å²) in [5, 5.41) is 20.5. The summed E-state index contributed by atoms with van der Waals surface area (Å²) in [5.74, 6) is 1.69. The molecule has 0 atom stereocenters. The number of imidazole rings is 1. The third kappa shape index (κ3) is 3.45. The first-order chi connectivity index (χ1) is 16.4. The molecule has 34 heavy (non-hydrogen) atoms. The molecular formula is C24H20N2O8. The van der Waals surface area contributed by atoms with Crippen molar-refractivity contribution in [2.24, 2.45) is 0 Å². The molecule has 2 aromatic heterocycles.